The minimum atomic E-state index is -1.18. The van der Waals surface area contributed by atoms with Crippen molar-refractivity contribution in [3.63, 3.8) is 0 Å². The number of carboxylic acids is 2. The van der Waals surface area contributed by atoms with Gasteiger partial charge >= 0.3 is 17.9 Å². The Morgan fingerprint density at radius 3 is 2.31 bits per heavy atom. The van der Waals surface area contributed by atoms with E-state index in [0.717, 1.165) is 12.8 Å². The number of esters is 1. The fraction of sp³-hybridized carbons (Fsp3) is 0.818. The number of Topliss-reactive ketones (excluding diaryl/α,β-unsaturated/α-hetero) is 1. The lowest BCUT2D eigenvalue weighted by atomic mass is 9.34. The van der Waals surface area contributed by atoms with Gasteiger partial charge in [0.05, 0.1) is 11.8 Å². The standard InChI is InChI=1S/C22H30O7/c1-11(23)29-21(3)7-4-6-20(2)13(21)10-15(24)22-8-5-12(9-14(20)22)16(18(25)26)17(22)19(27)28/h12-14,16-17H,4-10H2,1-3H3,(H,25,26)(H,27,28)/t12-,13+,14-,16+,17-,20+,21+,22+/m1/s1. The normalized spacial score (nSPS) is 48.4. The second-order valence-corrected chi connectivity index (χ2v) is 10.3. The average Bonchev–Trinajstić information content (AvgIpc) is 2.62. The van der Waals surface area contributed by atoms with Gasteiger partial charge in [-0.25, -0.2) is 0 Å². The van der Waals surface area contributed by atoms with Crippen LogP contribution in [0.1, 0.15) is 65.7 Å². The van der Waals surface area contributed by atoms with Crippen LogP contribution >= 0.6 is 0 Å². The largest absolute Gasteiger partial charge is 0.481 e. The lowest BCUT2D eigenvalue weighted by Crippen LogP contribution is -2.70. The summed E-state index contributed by atoms with van der Waals surface area (Å²) in [4.78, 5) is 49.8. The second kappa shape index (κ2) is 6.29. The molecule has 5 aliphatic rings. The van der Waals surface area contributed by atoms with E-state index in [2.05, 4.69) is 6.92 Å². The van der Waals surface area contributed by atoms with E-state index in [9.17, 15) is 29.4 Å². The molecule has 0 aromatic heterocycles. The predicted octanol–water partition coefficient (Wildman–Crippen LogP) is 2.91. The van der Waals surface area contributed by atoms with Crippen molar-refractivity contribution in [2.45, 2.75) is 71.3 Å². The summed E-state index contributed by atoms with van der Waals surface area (Å²) in [5, 5.41) is 19.8. The first-order valence-electron chi connectivity index (χ1n) is 10.7. The van der Waals surface area contributed by atoms with Crippen LogP contribution in [0.2, 0.25) is 0 Å². The van der Waals surface area contributed by atoms with Gasteiger partial charge in [-0.1, -0.05) is 6.92 Å². The predicted molar refractivity (Wildman–Crippen MR) is 101 cm³/mol. The summed E-state index contributed by atoms with van der Waals surface area (Å²) >= 11 is 0. The lowest BCUT2D eigenvalue weighted by Gasteiger charge is -2.68. The molecule has 0 amide bonds. The molecule has 5 fully saturated rings. The minimum absolute atomic E-state index is 0.137. The molecule has 7 nitrogen and oxygen atoms in total. The summed E-state index contributed by atoms with van der Waals surface area (Å²) < 4.78 is 5.75. The molecule has 29 heavy (non-hydrogen) atoms. The van der Waals surface area contributed by atoms with Gasteiger partial charge in [0.2, 0.25) is 0 Å². The summed E-state index contributed by atoms with van der Waals surface area (Å²) in [6.45, 7) is 5.40. The lowest BCUT2D eigenvalue weighted by molar-refractivity contribution is -0.236. The first-order valence-corrected chi connectivity index (χ1v) is 10.7. The van der Waals surface area contributed by atoms with Gasteiger partial charge in [-0.2, -0.15) is 0 Å². The van der Waals surface area contributed by atoms with Gasteiger partial charge < -0.3 is 14.9 Å². The zero-order chi connectivity index (χ0) is 21.4. The number of hydrogen-bond donors (Lipinski definition) is 2. The van der Waals surface area contributed by atoms with E-state index >= 15 is 0 Å². The molecule has 2 bridgehead atoms. The van der Waals surface area contributed by atoms with Crippen molar-refractivity contribution in [2.75, 3.05) is 0 Å². The van der Waals surface area contributed by atoms with E-state index in [4.69, 9.17) is 4.74 Å². The summed E-state index contributed by atoms with van der Waals surface area (Å²) in [7, 11) is 0. The van der Waals surface area contributed by atoms with E-state index in [-0.39, 0.29) is 41.3 Å². The van der Waals surface area contributed by atoms with Crippen molar-refractivity contribution in [1.29, 1.82) is 0 Å². The van der Waals surface area contributed by atoms with Gasteiger partial charge in [0, 0.05) is 24.7 Å². The van der Waals surface area contributed by atoms with Crippen LogP contribution in [-0.2, 0) is 23.9 Å². The number of carbonyl (C=O) groups excluding carboxylic acids is 2. The molecule has 1 spiro atoms. The van der Waals surface area contributed by atoms with Crippen molar-refractivity contribution in [3.8, 4) is 0 Å². The summed E-state index contributed by atoms with van der Waals surface area (Å²) in [6.07, 6.45) is 4.11. The first-order chi connectivity index (χ1) is 13.5. The number of aliphatic carboxylic acids is 2. The average molecular weight is 406 g/mol. The Labute approximate surface area is 170 Å². The quantitative estimate of drug-likeness (QED) is 0.692. The number of fused-ring (bicyclic) bond motifs is 3. The van der Waals surface area contributed by atoms with Crippen molar-refractivity contribution in [3.05, 3.63) is 0 Å². The summed E-state index contributed by atoms with van der Waals surface area (Å²) in [5.74, 6) is -5.56. The highest BCUT2D eigenvalue weighted by Gasteiger charge is 2.73. The van der Waals surface area contributed by atoms with E-state index in [1.807, 2.05) is 6.92 Å². The third-order valence-corrected chi connectivity index (χ3v) is 9.07. The van der Waals surface area contributed by atoms with Gasteiger partial charge in [0.1, 0.15) is 11.4 Å². The van der Waals surface area contributed by atoms with Crippen LogP contribution in [-0.4, -0.2) is 39.5 Å². The monoisotopic (exact) mass is 406 g/mol. The number of carboxylic acid groups (broad SMARTS) is 2. The molecule has 5 rings (SSSR count). The van der Waals surface area contributed by atoms with Crippen LogP contribution in [0.15, 0.2) is 0 Å². The number of carbonyl (C=O) groups is 4. The van der Waals surface area contributed by atoms with Crippen molar-refractivity contribution in [2.24, 2.45) is 40.4 Å². The maximum Gasteiger partial charge on any atom is 0.308 e. The molecule has 2 N–H and O–H groups in total. The number of rotatable bonds is 3. The SMILES string of the molecule is CC(=O)O[C@@]1(C)CCC[C@]2(C)[C@H]3C[C@H]4CC[C@]3(C(=O)C[C@@H]21)[C@@H](C(=O)O)[C@H]4C(=O)O. The molecule has 160 valence electrons. The molecular formula is C22H30O7. The van der Waals surface area contributed by atoms with Crippen LogP contribution in [0.3, 0.4) is 0 Å². The maximum absolute atomic E-state index is 13.7. The molecule has 0 radical (unpaired) electrons. The molecule has 0 heterocycles. The molecule has 5 saturated carbocycles. The van der Waals surface area contributed by atoms with Crippen LogP contribution in [0.5, 0.6) is 0 Å². The van der Waals surface area contributed by atoms with Gasteiger partial charge in [0.15, 0.2) is 0 Å². The molecule has 0 unspecified atom stereocenters. The molecule has 0 saturated heterocycles. The van der Waals surface area contributed by atoms with E-state index in [0.29, 0.717) is 25.7 Å². The van der Waals surface area contributed by atoms with Gasteiger partial charge in [0.25, 0.3) is 0 Å². The van der Waals surface area contributed by atoms with Crippen molar-refractivity contribution >= 4 is 23.7 Å². The fourth-order valence-corrected chi connectivity index (χ4v) is 8.16. The van der Waals surface area contributed by atoms with Crippen LogP contribution in [0.4, 0.5) is 0 Å². The van der Waals surface area contributed by atoms with Crippen LogP contribution < -0.4 is 0 Å². The van der Waals surface area contributed by atoms with Crippen molar-refractivity contribution < 1.29 is 34.1 Å². The molecule has 0 aromatic rings. The smallest absolute Gasteiger partial charge is 0.308 e. The Hall–Kier alpha value is -1.92. The fourth-order valence-electron chi connectivity index (χ4n) is 8.16. The highest BCUT2D eigenvalue weighted by molar-refractivity contribution is 5.94. The topological polar surface area (TPSA) is 118 Å². The van der Waals surface area contributed by atoms with Gasteiger partial charge in [-0.3, -0.25) is 19.2 Å². The molecule has 0 aromatic carbocycles. The number of hydrogen-bond acceptors (Lipinski definition) is 5. The zero-order valence-corrected chi connectivity index (χ0v) is 17.3. The third-order valence-electron chi connectivity index (χ3n) is 9.07. The molecule has 0 aliphatic heterocycles. The van der Waals surface area contributed by atoms with Crippen LogP contribution in [0, 0.1) is 40.4 Å². The van der Waals surface area contributed by atoms with Crippen molar-refractivity contribution in [1.82, 2.24) is 0 Å². The van der Waals surface area contributed by atoms with E-state index in [1.54, 1.807) is 0 Å². The Balaban J connectivity index is 1.83. The Morgan fingerprint density at radius 2 is 1.72 bits per heavy atom. The second-order valence-electron chi connectivity index (χ2n) is 10.3. The number of ether oxygens (including phenoxy) is 1. The number of ketones is 1. The highest BCUT2D eigenvalue weighted by Crippen LogP contribution is 2.71. The zero-order valence-electron chi connectivity index (χ0n) is 17.3. The summed E-state index contributed by atoms with van der Waals surface area (Å²) in [6, 6.07) is 0. The maximum atomic E-state index is 13.7. The Bertz CT molecular complexity index is 790. The molecule has 8 atom stereocenters. The third kappa shape index (κ3) is 2.55. The molecule has 5 aliphatic carbocycles. The Morgan fingerprint density at radius 1 is 1.03 bits per heavy atom. The Kier molecular flexibility index (Phi) is 4.41. The van der Waals surface area contributed by atoms with Crippen LogP contribution in [0.25, 0.3) is 0 Å². The highest BCUT2D eigenvalue weighted by atomic mass is 16.6. The molecule has 7 heteroatoms. The van der Waals surface area contributed by atoms with E-state index in [1.165, 1.54) is 6.92 Å². The minimum Gasteiger partial charge on any atom is -0.481 e. The van der Waals surface area contributed by atoms with Gasteiger partial charge in [-0.05, 0) is 62.7 Å². The van der Waals surface area contributed by atoms with E-state index < -0.39 is 34.8 Å². The summed E-state index contributed by atoms with van der Waals surface area (Å²) in [5.41, 5.74) is -2.23. The first kappa shape index (κ1) is 20.4. The van der Waals surface area contributed by atoms with Gasteiger partial charge in [-0.15, -0.1) is 0 Å². The molecular weight excluding hydrogens is 376 g/mol.